The third-order valence-electron chi connectivity index (χ3n) is 3.12. The molecule has 0 fully saturated rings. The summed E-state index contributed by atoms with van der Waals surface area (Å²) < 4.78 is 29.3. The normalized spacial score (nSPS) is 20.3. The second-order valence-electron chi connectivity index (χ2n) is 5.14. The van der Waals surface area contributed by atoms with E-state index in [0.717, 1.165) is 0 Å². The maximum absolute atomic E-state index is 12.4. The van der Waals surface area contributed by atoms with Gasteiger partial charge in [-0.25, -0.2) is 0 Å². The molecule has 1 heterocycles. The Hall–Kier alpha value is -1.98. The molecule has 0 saturated heterocycles. The number of nitriles is 1. The van der Waals surface area contributed by atoms with E-state index in [4.69, 9.17) is 5.26 Å². The number of rotatable bonds is 5. The highest BCUT2D eigenvalue weighted by molar-refractivity contribution is 9.09. The lowest BCUT2D eigenvalue weighted by Gasteiger charge is -2.18. The predicted octanol–water partition coefficient (Wildman–Crippen LogP) is 1.11. The van der Waals surface area contributed by atoms with Crippen LogP contribution in [0.15, 0.2) is 17.8 Å². The Bertz CT molecular complexity index is 793. The Morgan fingerprint density at radius 2 is 2.22 bits per heavy atom. The first-order valence-corrected chi connectivity index (χ1v) is 7.57. The number of Topliss-reactive ketones (excluding diaryl/α,β-unsaturated/α-hetero) is 1. The van der Waals surface area contributed by atoms with Crippen molar-refractivity contribution in [3.05, 3.63) is 34.1 Å². The van der Waals surface area contributed by atoms with E-state index in [1.807, 2.05) is 6.07 Å². The summed E-state index contributed by atoms with van der Waals surface area (Å²) in [5.74, 6) is -0.463. The summed E-state index contributed by atoms with van der Waals surface area (Å²) in [7, 11) is 3.40. The quantitative estimate of drug-likeness (QED) is 0.356. The lowest BCUT2D eigenvalue weighted by Crippen LogP contribution is -2.36. The van der Waals surface area contributed by atoms with Gasteiger partial charge in [0.05, 0.1) is 16.6 Å². The van der Waals surface area contributed by atoms with Crippen LogP contribution in [-0.2, 0) is 4.74 Å². The van der Waals surface area contributed by atoms with E-state index >= 15 is 0 Å². The zero-order valence-electron chi connectivity index (χ0n) is 12.4. The molecule has 1 aliphatic carbocycles. The molecular formula is C15H14BrF2N3O2. The number of carbonyl (C=O) groups is 1. The molecule has 0 saturated carbocycles. The van der Waals surface area contributed by atoms with Crippen molar-refractivity contribution in [3.8, 4) is 6.07 Å². The standard InChI is InChI=1S/C15H14BrF2N3O2/c1-21(2)7-9(6-19)14(22)12-3-8-4-13(23-15(17)18)10(16)5-11(8)20-12/h3-5,7,10,13,15,20H,1-2H3/b9-7+. The van der Waals surface area contributed by atoms with E-state index < -0.39 is 23.3 Å². The van der Waals surface area contributed by atoms with E-state index in [-0.39, 0.29) is 11.3 Å². The number of nitrogens with one attached hydrogen (secondary N) is 1. The van der Waals surface area contributed by atoms with E-state index in [9.17, 15) is 13.6 Å². The summed E-state index contributed by atoms with van der Waals surface area (Å²) in [5, 5.41) is 10.3. The third-order valence-corrected chi connectivity index (χ3v) is 3.91. The number of nitrogens with zero attached hydrogens (tertiary/aromatic N) is 2. The molecule has 8 heteroatoms. The lowest BCUT2D eigenvalue weighted by molar-refractivity contribution is -0.142. The van der Waals surface area contributed by atoms with Crippen LogP contribution in [0.3, 0.4) is 0 Å². The smallest absolute Gasteiger partial charge is 0.345 e. The van der Waals surface area contributed by atoms with Gasteiger partial charge in [0, 0.05) is 25.6 Å². The number of hydrogen-bond donors (Lipinski definition) is 1. The molecule has 2 rings (SSSR count). The molecule has 0 spiro atoms. The molecule has 2 unspecified atom stereocenters. The fourth-order valence-electron chi connectivity index (χ4n) is 2.18. The molecule has 23 heavy (non-hydrogen) atoms. The van der Waals surface area contributed by atoms with Crippen LogP contribution in [0.25, 0.3) is 12.2 Å². The predicted molar refractivity (Wildman–Crippen MR) is 84.3 cm³/mol. The zero-order valence-corrected chi connectivity index (χ0v) is 14.0. The minimum absolute atomic E-state index is 0.0237. The SMILES string of the molecule is CN(C)/C=C(\C#N)C(=O)c1cc2c([nH]1)=CC(Br)C(OC(F)F)C=2. The minimum Gasteiger partial charge on any atom is -0.382 e. The fourth-order valence-corrected chi connectivity index (χ4v) is 2.72. The summed E-state index contributed by atoms with van der Waals surface area (Å²) >= 11 is 3.25. The van der Waals surface area contributed by atoms with Crippen LogP contribution in [0.2, 0.25) is 0 Å². The number of hydrogen-bond acceptors (Lipinski definition) is 4. The van der Waals surface area contributed by atoms with E-state index in [1.54, 1.807) is 25.1 Å². The number of fused-ring (bicyclic) bond motifs is 1. The van der Waals surface area contributed by atoms with Crippen molar-refractivity contribution in [2.24, 2.45) is 0 Å². The van der Waals surface area contributed by atoms with Crippen LogP contribution in [0, 0.1) is 11.3 Å². The van der Waals surface area contributed by atoms with Gasteiger partial charge in [0.2, 0.25) is 5.78 Å². The van der Waals surface area contributed by atoms with Crippen molar-refractivity contribution in [1.29, 1.82) is 5.26 Å². The number of ether oxygens (including phenoxy) is 1. The summed E-state index contributed by atoms with van der Waals surface area (Å²) in [5.41, 5.74) is 0.193. The Labute approximate surface area is 139 Å². The van der Waals surface area contributed by atoms with Gasteiger partial charge in [0.1, 0.15) is 11.6 Å². The summed E-state index contributed by atoms with van der Waals surface area (Å²) in [6.45, 7) is -2.89. The Kier molecular flexibility index (Phi) is 5.34. The molecule has 0 aromatic carbocycles. The maximum Gasteiger partial charge on any atom is 0.345 e. The number of alkyl halides is 3. The average molecular weight is 386 g/mol. The topological polar surface area (TPSA) is 69.1 Å². The molecule has 5 nitrogen and oxygen atoms in total. The molecular weight excluding hydrogens is 372 g/mol. The van der Waals surface area contributed by atoms with Gasteiger partial charge >= 0.3 is 6.61 Å². The third kappa shape index (κ3) is 4.06. The van der Waals surface area contributed by atoms with E-state index in [0.29, 0.717) is 10.6 Å². The van der Waals surface area contributed by atoms with Crippen molar-refractivity contribution >= 4 is 33.9 Å². The number of allylic oxidation sites excluding steroid dienone is 1. The Balaban J connectivity index is 2.39. The molecule has 2 atom stereocenters. The van der Waals surface area contributed by atoms with Crippen molar-refractivity contribution in [2.45, 2.75) is 17.5 Å². The molecule has 1 aliphatic rings. The number of aromatic nitrogens is 1. The molecule has 0 radical (unpaired) electrons. The highest BCUT2D eigenvalue weighted by atomic mass is 79.9. The van der Waals surface area contributed by atoms with Crippen LogP contribution in [0.1, 0.15) is 10.5 Å². The molecule has 0 amide bonds. The molecule has 122 valence electrons. The highest BCUT2D eigenvalue weighted by Crippen LogP contribution is 2.17. The van der Waals surface area contributed by atoms with Crippen molar-refractivity contribution < 1.29 is 18.3 Å². The second kappa shape index (κ2) is 7.06. The average Bonchev–Trinajstić information content (AvgIpc) is 2.86. The Morgan fingerprint density at radius 3 is 2.78 bits per heavy atom. The van der Waals surface area contributed by atoms with E-state index in [2.05, 4.69) is 25.7 Å². The molecule has 1 aromatic heterocycles. The first-order valence-electron chi connectivity index (χ1n) is 6.65. The van der Waals surface area contributed by atoms with Crippen LogP contribution in [-0.4, -0.2) is 47.3 Å². The van der Waals surface area contributed by atoms with Gasteiger partial charge in [-0.3, -0.25) is 4.79 Å². The van der Waals surface area contributed by atoms with Crippen LogP contribution in [0.5, 0.6) is 0 Å². The van der Waals surface area contributed by atoms with Gasteiger partial charge in [-0.1, -0.05) is 15.9 Å². The fraction of sp³-hybridized carbons (Fsp3) is 0.333. The van der Waals surface area contributed by atoms with E-state index in [1.165, 1.54) is 18.3 Å². The zero-order chi connectivity index (χ0) is 17.1. The van der Waals surface area contributed by atoms with Gasteiger partial charge in [-0.2, -0.15) is 14.0 Å². The monoisotopic (exact) mass is 385 g/mol. The van der Waals surface area contributed by atoms with Crippen molar-refractivity contribution in [1.82, 2.24) is 9.88 Å². The van der Waals surface area contributed by atoms with Crippen LogP contribution >= 0.6 is 15.9 Å². The molecule has 1 N–H and O–H groups in total. The number of halogens is 3. The summed E-state index contributed by atoms with van der Waals surface area (Å²) in [4.78, 5) is 16.4. The molecule has 1 aromatic rings. The number of aromatic amines is 1. The van der Waals surface area contributed by atoms with Crippen molar-refractivity contribution in [2.75, 3.05) is 14.1 Å². The minimum atomic E-state index is -2.89. The van der Waals surface area contributed by atoms with Gasteiger partial charge in [0.15, 0.2) is 0 Å². The molecule has 0 aliphatic heterocycles. The summed E-state index contributed by atoms with van der Waals surface area (Å²) in [6.07, 6.45) is 3.75. The number of H-pyrrole nitrogens is 1. The molecule has 0 bridgehead atoms. The van der Waals surface area contributed by atoms with Crippen LogP contribution in [0.4, 0.5) is 8.78 Å². The lowest BCUT2D eigenvalue weighted by atomic mass is 10.1. The second-order valence-corrected chi connectivity index (χ2v) is 6.20. The van der Waals surface area contributed by atoms with Gasteiger partial charge in [-0.05, 0) is 23.4 Å². The highest BCUT2D eigenvalue weighted by Gasteiger charge is 2.23. The first-order chi connectivity index (χ1) is 10.8. The first kappa shape index (κ1) is 17.4. The van der Waals surface area contributed by atoms with Crippen molar-refractivity contribution in [3.63, 3.8) is 0 Å². The number of carbonyl (C=O) groups excluding carboxylic acids is 1. The summed E-state index contributed by atoms with van der Waals surface area (Å²) in [6, 6.07) is 3.38. The van der Waals surface area contributed by atoms with Gasteiger partial charge in [-0.15, -0.1) is 0 Å². The van der Waals surface area contributed by atoms with Crippen LogP contribution < -0.4 is 10.6 Å². The largest absolute Gasteiger partial charge is 0.382 e. The maximum atomic E-state index is 12.4. The van der Waals surface area contributed by atoms with Gasteiger partial charge in [0.25, 0.3) is 0 Å². The van der Waals surface area contributed by atoms with Gasteiger partial charge < -0.3 is 14.6 Å². The number of ketones is 1. The Morgan fingerprint density at radius 1 is 1.52 bits per heavy atom.